The molecule has 0 aliphatic carbocycles. The van der Waals surface area contributed by atoms with Crippen molar-refractivity contribution < 1.29 is 22.7 Å². The Bertz CT molecular complexity index is 1280. The number of ether oxygens (including phenoxy) is 1. The van der Waals surface area contributed by atoms with E-state index in [1.54, 1.807) is 36.1 Å². The minimum atomic E-state index is -0.696. The van der Waals surface area contributed by atoms with E-state index in [1.165, 1.54) is 24.3 Å². The molecule has 0 saturated heterocycles. The van der Waals surface area contributed by atoms with Crippen molar-refractivity contribution in [2.45, 2.75) is 19.4 Å². The zero-order valence-electron chi connectivity index (χ0n) is 18.4. The fourth-order valence-electron chi connectivity index (χ4n) is 3.57. The average Bonchev–Trinajstić information content (AvgIpc) is 3.25. The summed E-state index contributed by atoms with van der Waals surface area (Å²) in [4.78, 5) is 12.3. The highest BCUT2D eigenvalue weighted by Crippen LogP contribution is 2.26. The van der Waals surface area contributed by atoms with Crippen LogP contribution < -0.4 is 10.1 Å². The Labute approximate surface area is 194 Å². The van der Waals surface area contributed by atoms with Crippen LogP contribution in [-0.2, 0) is 17.8 Å². The normalized spacial score (nSPS) is 10.8. The molecule has 0 spiro atoms. The molecule has 0 radical (unpaired) electrons. The van der Waals surface area contributed by atoms with Crippen LogP contribution in [0.2, 0.25) is 0 Å². The maximum absolute atomic E-state index is 13.9. The van der Waals surface area contributed by atoms with Crippen molar-refractivity contribution in [2.75, 3.05) is 7.11 Å². The summed E-state index contributed by atoms with van der Waals surface area (Å²) in [6, 6.07) is 18.4. The third kappa shape index (κ3) is 5.64. The van der Waals surface area contributed by atoms with E-state index in [0.29, 0.717) is 34.7 Å². The Morgan fingerprint density at radius 2 is 1.68 bits per heavy atom. The number of benzene rings is 3. The third-order valence-electron chi connectivity index (χ3n) is 5.22. The van der Waals surface area contributed by atoms with Crippen molar-refractivity contribution in [2.24, 2.45) is 0 Å². The van der Waals surface area contributed by atoms with Crippen LogP contribution in [0.15, 0.2) is 72.8 Å². The molecule has 0 aliphatic rings. The average molecular weight is 465 g/mol. The van der Waals surface area contributed by atoms with Gasteiger partial charge in [-0.2, -0.15) is 5.10 Å². The third-order valence-corrected chi connectivity index (χ3v) is 5.22. The molecule has 1 heterocycles. The largest absolute Gasteiger partial charge is 0.497 e. The molecule has 4 rings (SSSR count). The lowest BCUT2D eigenvalue weighted by molar-refractivity contribution is -0.121. The van der Waals surface area contributed by atoms with Gasteiger partial charge in [0.2, 0.25) is 5.91 Å². The second-order valence-corrected chi connectivity index (χ2v) is 7.70. The van der Waals surface area contributed by atoms with Gasteiger partial charge < -0.3 is 10.1 Å². The Hall–Kier alpha value is -4.07. The van der Waals surface area contributed by atoms with E-state index in [4.69, 9.17) is 4.74 Å². The van der Waals surface area contributed by atoms with Crippen LogP contribution in [0.5, 0.6) is 5.75 Å². The monoisotopic (exact) mass is 465 g/mol. The summed E-state index contributed by atoms with van der Waals surface area (Å²) in [5.74, 6) is -1.35. The standard InChI is InChI=1S/C26H22F3N3O2/c1-34-24-8-6-23(7-9-24)32-25(18-3-2-4-19(27)13-18)15-22(31-32)5-10-26(33)30-16-17-11-20(28)14-21(29)12-17/h2-4,6-9,11-15H,5,10,16H2,1H3,(H,30,33). The number of aromatic nitrogens is 2. The SMILES string of the molecule is COc1ccc(-n2nc(CCC(=O)NCc3cc(F)cc(F)c3)cc2-c2cccc(F)c2)cc1. The fraction of sp³-hybridized carbons (Fsp3) is 0.154. The summed E-state index contributed by atoms with van der Waals surface area (Å²) in [7, 11) is 1.58. The number of nitrogens with zero attached hydrogens (tertiary/aromatic N) is 2. The Morgan fingerprint density at radius 3 is 2.35 bits per heavy atom. The molecule has 1 aromatic heterocycles. The van der Waals surface area contributed by atoms with E-state index in [1.807, 2.05) is 18.2 Å². The van der Waals surface area contributed by atoms with Crippen molar-refractivity contribution in [1.82, 2.24) is 15.1 Å². The minimum absolute atomic E-state index is 0.0162. The van der Waals surface area contributed by atoms with Gasteiger partial charge in [0.25, 0.3) is 0 Å². The highest BCUT2D eigenvalue weighted by atomic mass is 19.1. The van der Waals surface area contributed by atoms with E-state index in [9.17, 15) is 18.0 Å². The number of rotatable bonds is 8. The molecule has 174 valence electrons. The first-order valence-electron chi connectivity index (χ1n) is 10.6. The van der Waals surface area contributed by atoms with Gasteiger partial charge in [-0.25, -0.2) is 17.9 Å². The van der Waals surface area contributed by atoms with Gasteiger partial charge in [-0.1, -0.05) is 12.1 Å². The molecular formula is C26H22F3N3O2. The first-order valence-corrected chi connectivity index (χ1v) is 10.6. The maximum atomic E-state index is 13.9. The fourth-order valence-corrected chi connectivity index (χ4v) is 3.57. The lowest BCUT2D eigenvalue weighted by Gasteiger charge is -2.08. The zero-order valence-corrected chi connectivity index (χ0v) is 18.4. The molecule has 0 bridgehead atoms. The van der Waals surface area contributed by atoms with Crippen LogP contribution in [-0.4, -0.2) is 22.8 Å². The number of hydrogen-bond donors (Lipinski definition) is 1. The van der Waals surface area contributed by atoms with E-state index in [-0.39, 0.29) is 24.7 Å². The number of aryl methyl sites for hydroxylation is 1. The minimum Gasteiger partial charge on any atom is -0.497 e. The smallest absolute Gasteiger partial charge is 0.220 e. The lowest BCUT2D eigenvalue weighted by atomic mass is 10.1. The highest BCUT2D eigenvalue weighted by Gasteiger charge is 2.14. The Kier molecular flexibility index (Phi) is 6.96. The quantitative estimate of drug-likeness (QED) is 0.389. The van der Waals surface area contributed by atoms with E-state index in [2.05, 4.69) is 10.4 Å². The molecule has 5 nitrogen and oxygen atoms in total. The van der Waals surface area contributed by atoms with Crippen molar-refractivity contribution in [1.29, 1.82) is 0 Å². The zero-order chi connectivity index (χ0) is 24.1. The maximum Gasteiger partial charge on any atom is 0.220 e. The molecule has 8 heteroatoms. The molecule has 4 aromatic rings. The Balaban J connectivity index is 1.50. The molecule has 34 heavy (non-hydrogen) atoms. The van der Waals surface area contributed by atoms with Crippen molar-refractivity contribution >= 4 is 5.91 Å². The van der Waals surface area contributed by atoms with Crippen LogP contribution in [0.25, 0.3) is 16.9 Å². The van der Waals surface area contributed by atoms with Crippen LogP contribution in [0, 0.1) is 17.5 Å². The first kappa shape index (κ1) is 23.1. The van der Waals surface area contributed by atoms with Crippen molar-refractivity contribution in [3.8, 4) is 22.7 Å². The molecule has 0 aliphatic heterocycles. The van der Waals surface area contributed by atoms with Gasteiger partial charge in [-0.15, -0.1) is 0 Å². The summed E-state index contributed by atoms with van der Waals surface area (Å²) in [5, 5.41) is 7.29. The summed E-state index contributed by atoms with van der Waals surface area (Å²) >= 11 is 0. The molecule has 0 saturated carbocycles. The number of nitrogens with one attached hydrogen (secondary N) is 1. The Morgan fingerprint density at radius 1 is 0.941 bits per heavy atom. The van der Waals surface area contributed by atoms with E-state index in [0.717, 1.165) is 11.8 Å². The number of halogens is 3. The van der Waals surface area contributed by atoms with Gasteiger partial charge in [-0.3, -0.25) is 4.79 Å². The molecule has 1 amide bonds. The van der Waals surface area contributed by atoms with Crippen molar-refractivity contribution in [3.05, 3.63) is 102 Å². The van der Waals surface area contributed by atoms with E-state index >= 15 is 0 Å². The number of carbonyl (C=O) groups excluding carboxylic acids is 1. The number of hydrogen-bond acceptors (Lipinski definition) is 3. The predicted molar refractivity (Wildman–Crippen MR) is 122 cm³/mol. The summed E-state index contributed by atoms with van der Waals surface area (Å²) in [5.41, 5.74) is 3.05. The first-order chi connectivity index (χ1) is 16.4. The number of methoxy groups -OCH3 is 1. The number of amides is 1. The van der Waals surface area contributed by atoms with Crippen LogP contribution in [0.3, 0.4) is 0 Å². The molecule has 3 aromatic carbocycles. The second kappa shape index (κ2) is 10.2. The van der Waals surface area contributed by atoms with Gasteiger partial charge in [0.1, 0.15) is 23.2 Å². The summed E-state index contributed by atoms with van der Waals surface area (Å²) in [6.07, 6.45) is 0.453. The van der Waals surface area contributed by atoms with Gasteiger partial charge in [-0.05, 0) is 60.2 Å². The summed E-state index contributed by atoms with van der Waals surface area (Å²) in [6.45, 7) is 0.0162. The second-order valence-electron chi connectivity index (χ2n) is 7.70. The molecule has 0 fully saturated rings. The summed E-state index contributed by atoms with van der Waals surface area (Å²) < 4.78 is 47.4. The highest BCUT2D eigenvalue weighted by molar-refractivity contribution is 5.76. The topological polar surface area (TPSA) is 56.2 Å². The van der Waals surface area contributed by atoms with Crippen LogP contribution in [0.1, 0.15) is 17.7 Å². The number of carbonyl (C=O) groups is 1. The molecule has 0 unspecified atom stereocenters. The van der Waals surface area contributed by atoms with Gasteiger partial charge in [0, 0.05) is 31.0 Å². The van der Waals surface area contributed by atoms with E-state index < -0.39 is 11.6 Å². The molecule has 1 N–H and O–H groups in total. The predicted octanol–water partition coefficient (Wildman–Crippen LogP) is 5.21. The molecular weight excluding hydrogens is 443 g/mol. The van der Waals surface area contributed by atoms with Crippen LogP contribution in [0.4, 0.5) is 13.2 Å². The lowest BCUT2D eigenvalue weighted by Crippen LogP contribution is -2.23. The van der Waals surface area contributed by atoms with Crippen LogP contribution >= 0.6 is 0 Å². The van der Waals surface area contributed by atoms with Gasteiger partial charge in [0.15, 0.2) is 0 Å². The van der Waals surface area contributed by atoms with Crippen molar-refractivity contribution in [3.63, 3.8) is 0 Å². The molecule has 0 atom stereocenters. The van der Waals surface area contributed by atoms with Gasteiger partial charge in [0.05, 0.1) is 24.2 Å². The van der Waals surface area contributed by atoms with Gasteiger partial charge >= 0.3 is 0 Å².